The van der Waals surface area contributed by atoms with Crippen molar-refractivity contribution in [2.45, 2.75) is 65.4 Å². The van der Waals surface area contributed by atoms with E-state index in [9.17, 15) is 18.4 Å². The molecule has 1 saturated heterocycles. The van der Waals surface area contributed by atoms with Crippen LogP contribution in [0.15, 0.2) is 36.5 Å². The zero-order valence-electron chi connectivity index (χ0n) is 24.4. The van der Waals surface area contributed by atoms with Crippen LogP contribution in [0.5, 0.6) is 11.6 Å². The summed E-state index contributed by atoms with van der Waals surface area (Å²) in [6, 6.07) is 6.92. The van der Waals surface area contributed by atoms with Gasteiger partial charge in [-0.15, -0.1) is 0 Å². The fourth-order valence-electron chi connectivity index (χ4n) is 5.18. The molecule has 1 fully saturated rings. The van der Waals surface area contributed by atoms with E-state index < -0.39 is 17.5 Å². The van der Waals surface area contributed by atoms with E-state index in [2.05, 4.69) is 25.7 Å². The van der Waals surface area contributed by atoms with Crippen molar-refractivity contribution >= 4 is 23.3 Å². The second kappa shape index (κ2) is 12.3. The van der Waals surface area contributed by atoms with Crippen LogP contribution < -0.4 is 20.1 Å². The van der Waals surface area contributed by atoms with Gasteiger partial charge in [-0.3, -0.25) is 9.59 Å². The summed E-state index contributed by atoms with van der Waals surface area (Å²) >= 11 is 0. The number of nitrogens with one attached hydrogen (secondary N) is 2. The van der Waals surface area contributed by atoms with E-state index in [4.69, 9.17) is 14.2 Å². The molecule has 5 rings (SSSR count). The van der Waals surface area contributed by atoms with Gasteiger partial charge in [0, 0.05) is 43.5 Å². The van der Waals surface area contributed by atoms with Crippen LogP contribution in [0.4, 0.5) is 14.6 Å². The first-order valence-corrected chi connectivity index (χ1v) is 13.8. The second-order valence-corrected chi connectivity index (χ2v) is 10.5. The maximum absolute atomic E-state index is 14.9. The van der Waals surface area contributed by atoms with Crippen molar-refractivity contribution in [3.05, 3.63) is 65.0 Å². The molecule has 0 bridgehead atoms. The lowest BCUT2D eigenvalue weighted by Crippen LogP contribution is -2.36. The van der Waals surface area contributed by atoms with Crippen molar-refractivity contribution in [3.8, 4) is 22.9 Å². The Morgan fingerprint density at radius 1 is 1.12 bits per heavy atom. The standard InChI is InChI=1S/C30H32F2N6O5/c1-15-8-21(9-16(2)42-15)43-28-19(10-20(31)11-24(28)32)13-33-29(40)23-12-22(17(3)34-30(23)41-5)25-6-7-27-36-26(35-18(4)39)14-38(27)37-25/h6-7,10-12,14-16,21H,8-9,13H2,1-5H3,(H,33,40)(H,35,39). The third-order valence-electron chi connectivity index (χ3n) is 6.98. The Hall–Kier alpha value is -4.65. The number of hydrogen-bond acceptors (Lipinski definition) is 8. The minimum atomic E-state index is -0.851. The highest BCUT2D eigenvalue weighted by Crippen LogP contribution is 2.31. The van der Waals surface area contributed by atoms with Gasteiger partial charge in [0.15, 0.2) is 23.0 Å². The number of ether oxygens (including phenoxy) is 3. The number of hydrogen-bond donors (Lipinski definition) is 2. The summed E-state index contributed by atoms with van der Waals surface area (Å²) in [4.78, 5) is 33.6. The summed E-state index contributed by atoms with van der Waals surface area (Å²) < 4.78 is 47.8. The van der Waals surface area contributed by atoms with Gasteiger partial charge in [-0.1, -0.05) is 0 Å². The minimum absolute atomic E-state index is 0.0700. The number of fused-ring (bicyclic) bond motifs is 1. The van der Waals surface area contributed by atoms with Gasteiger partial charge in [-0.25, -0.2) is 23.3 Å². The molecule has 1 aliphatic heterocycles. The number of halogens is 2. The maximum atomic E-state index is 14.9. The van der Waals surface area contributed by atoms with Crippen LogP contribution in [-0.2, 0) is 16.1 Å². The Labute approximate surface area is 246 Å². The van der Waals surface area contributed by atoms with Gasteiger partial charge in [0.05, 0.1) is 36.9 Å². The molecule has 2 amide bonds. The lowest BCUT2D eigenvalue weighted by molar-refractivity contribution is -0.114. The molecule has 0 radical (unpaired) electrons. The first kappa shape index (κ1) is 29.8. The van der Waals surface area contributed by atoms with E-state index in [1.165, 1.54) is 18.5 Å². The van der Waals surface area contributed by atoms with E-state index in [0.717, 1.165) is 12.1 Å². The fraction of sp³-hybridized carbons (Fsp3) is 0.367. The molecule has 43 heavy (non-hydrogen) atoms. The zero-order valence-corrected chi connectivity index (χ0v) is 24.4. The molecule has 0 spiro atoms. The Morgan fingerprint density at radius 3 is 2.56 bits per heavy atom. The number of carbonyl (C=O) groups is 2. The molecule has 226 valence electrons. The Bertz CT molecular complexity index is 1680. The molecule has 1 aromatic carbocycles. The third-order valence-corrected chi connectivity index (χ3v) is 6.98. The smallest absolute Gasteiger partial charge is 0.257 e. The predicted octanol–water partition coefficient (Wildman–Crippen LogP) is 4.61. The van der Waals surface area contributed by atoms with Crippen LogP contribution in [-0.4, -0.2) is 56.8 Å². The summed E-state index contributed by atoms with van der Waals surface area (Å²) in [5.74, 6) is -2.17. The zero-order chi connectivity index (χ0) is 30.8. The van der Waals surface area contributed by atoms with Gasteiger partial charge < -0.3 is 24.8 Å². The molecular weight excluding hydrogens is 562 g/mol. The molecule has 2 N–H and O–H groups in total. The molecule has 3 aromatic heterocycles. The SMILES string of the molecule is COc1nc(C)c(-c2ccc3nc(NC(C)=O)cn3n2)cc1C(=O)NCc1cc(F)cc(F)c1OC1CC(C)OC(C)C1. The molecule has 0 saturated carbocycles. The molecule has 4 aromatic rings. The Morgan fingerprint density at radius 2 is 1.86 bits per heavy atom. The van der Waals surface area contributed by atoms with E-state index >= 15 is 0 Å². The van der Waals surface area contributed by atoms with Gasteiger partial charge in [-0.2, -0.15) is 5.10 Å². The van der Waals surface area contributed by atoms with E-state index in [1.54, 1.807) is 31.3 Å². The highest BCUT2D eigenvalue weighted by molar-refractivity contribution is 5.97. The molecule has 2 atom stereocenters. The lowest BCUT2D eigenvalue weighted by atomic mass is 10.0. The number of pyridine rings is 1. The first-order chi connectivity index (χ1) is 20.5. The second-order valence-electron chi connectivity index (χ2n) is 10.5. The van der Waals surface area contributed by atoms with Crippen molar-refractivity contribution in [2.75, 3.05) is 12.4 Å². The quantitative estimate of drug-likeness (QED) is 0.303. The van der Waals surface area contributed by atoms with E-state index in [0.29, 0.717) is 41.3 Å². The number of anilines is 1. The highest BCUT2D eigenvalue weighted by Gasteiger charge is 2.28. The first-order valence-electron chi connectivity index (χ1n) is 13.8. The van der Waals surface area contributed by atoms with Crippen molar-refractivity contribution in [1.82, 2.24) is 24.9 Å². The average Bonchev–Trinajstić information content (AvgIpc) is 3.33. The van der Waals surface area contributed by atoms with Crippen LogP contribution in [0.25, 0.3) is 16.9 Å². The number of imidazole rings is 1. The van der Waals surface area contributed by atoms with Gasteiger partial charge in [0.2, 0.25) is 11.8 Å². The summed E-state index contributed by atoms with van der Waals surface area (Å²) in [6.07, 6.45) is 2.20. The molecule has 13 heteroatoms. The summed E-state index contributed by atoms with van der Waals surface area (Å²) in [5, 5.41) is 9.89. The maximum Gasteiger partial charge on any atom is 0.257 e. The monoisotopic (exact) mass is 594 g/mol. The molecule has 4 heterocycles. The van der Waals surface area contributed by atoms with Gasteiger partial charge in [-0.05, 0) is 45.0 Å². The highest BCUT2D eigenvalue weighted by atomic mass is 19.1. The van der Waals surface area contributed by atoms with Gasteiger partial charge in [0.1, 0.15) is 17.5 Å². The van der Waals surface area contributed by atoms with Gasteiger partial charge >= 0.3 is 0 Å². The van der Waals surface area contributed by atoms with Crippen LogP contribution in [0, 0.1) is 18.6 Å². The number of amides is 2. The minimum Gasteiger partial charge on any atom is -0.487 e. The molecular formula is C30H32F2N6O5. The number of aryl methyl sites for hydroxylation is 1. The van der Waals surface area contributed by atoms with Crippen LogP contribution >= 0.6 is 0 Å². The molecule has 1 aliphatic rings. The van der Waals surface area contributed by atoms with Crippen molar-refractivity contribution in [2.24, 2.45) is 0 Å². The lowest BCUT2D eigenvalue weighted by Gasteiger charge is -2.32. The normalized spacial score (nSPS) is 18.3. The summed E-state index contributed by atoms with van der Waals surface area (Å²) in [5.41, 5.74) is 2.34. The number of nitrogens with zero attached hydrogens (tertiary/aromatic N) is 4. The van der Waals surface area contributed by atoms with Crippen LogP contribution in [0.1, 0.15) is 55.2 Å². The molecule has 2 unspecified atom stereocenters. The summed E-state index contributed by atoms with van der Waals surface area (Å²) in [7, 11) is 1.39. The van der Waals surface area contributed by atoms with Crippen molar-refractivity contribution in [1.29, 1.82) is 0 Å². The predicted molar refractivity (Wildman–Crippen MR) is 153 cm³/mol. The fourth-order valence-corrected chi connectivity index (χ4v) is 5.18. The van der Waals surface area contributed by atoms with Gasteiger partial charge in [0.25, 0.3) is 5.91 Å². The topological polar surface area (TPSA) is 129 Å². The number of aromatic nitrogens is 4. The Kier molecular flexibility index (Phi) is 8.53. The van der Waals surface area contributed by atoms with Crippen LogP contribution in [0.3, 0.4) is 0 Å². The third kappa shape index (κ3) is 6.72. The van der Waals surface area contributed by atoms with Crippen molar-refractivity contribution in [3.63, 3.8) is 0 Å². The van der Waals surface area contributed by atoms with E-state index in [-0.39, 0.29) is 53.5 Å². The molecule has 11 nitrogen and oxygen atoms in total. The number of methoxy groups -OCH3 is 1. The number of rotatable bonds is 8. The summed E-state index contributed by atoms with van der Waals surface area (Å²) in [6.45, 7) is 6.75. The van der Waals surface area contributed by atoms with Crippen molar-refractivity contribution < 1.29 is 32.6 Å². The van der Waals surface area contributed by atoms with E-state index in [1.807, 2.05) is 13.8 Å². The number of benzene rings is 1. The Balaban J connectivity index is 1.40. The molecule has 0 aliphatic carbocycles. The van der Waals surface area contributed by atoms with Crippen LogP contribution in [0.2, 0.25) is 0 Å². The average molecular weight is 595 g/mol. The number of carbonyl (C=O) groups excluding carboxylic acids is 2. The largest absolute Gasteiger partial charge is 0.487 e.